The lowest BCUT2D eigenvalue weighted by molar-refractivity contribution is -0.122. The van der Waals surface area contributed by atoms with E-state index in [1.165, 1.54) is 11.8 Å². The van der Waals surface area contributed by atoms with Crippen molar-refractivity contribution in [1.29, 1.82) is 0 Å². The molecule has 0 aliphatic heterocycles. The van der Waals surface area contributed by atoms with E-state index in [1.54, 1.807) is 0 Å². The van der Waals surface area contributed by atoms with Crippen LogP contribution in [-0.2, 0) is 16.0 Å². The number of carbonyl (C=O) groups excluding carboxylic acids is 2. The molecule has 0 bridgehead atoms. The summed E-state index contributed by atoms with van der Waals surface area (Å²) in [7, 11) is 0. The smallest absolute Gasteiger partial charge is 0.232 e. The van der Waals surface area contributed by atoms with E-state index in [0.29, 0.717) is 19.5 Å². The molecular formula is C14H20N2O2S. The van der Waals surface area contributed by atoms with E-state index in [9.17, 15) is 9.59 Å². The Morgan fingerprint density at radius 3 is 2.42 bits per heavy atom. The summed E-state index contributed by atoms with van der Waals surface area (Å²) in [5, 5.41) is 5.51. The van der Waals surface area contributed by atoms with Gasteiger partial charge in [0.1, 0.15) is 0 Å². The summed E-state index contributed by atoms with van der Waals surface area (Å²) in [6.07, 6.45) is 2.27. The van der Waals surface area contributed by atoms with Crippen molar-refractivity contribution >= 4 is 23.6 Å². The molecular weight excluding hydrogens is 260 g/mol. The summed E-state index contributed by atoms with van der Waals surface area (Å²) in [6.45, 7) is 2.77. The summed E-state index contributed by atoms with van der Waals surface area (Å²) in [5.74, 6) is -0.0248. The Labute approximate surface area is 118 Å². The second-order valence-electron chi connectivity index (χ2n) is 4.18. The van der Waals surface area contributed by atoms with Crippen molar-refractivity contribution in [3.8, 4) is 0 Å². The third-order valence-corrected chi connectivity index (χ3v) is 3.60. The average molecular weight is 280 g/mol. The number of benzene rings is 1. The molecule has 5 heteroatoms. The highest BCUT2D eigenvalue weighted by Gasteiger charge is 2.09. The third kappa shape index (κ3) is 6.29. The minimum absolute atomic E-state index is 0.00445. The fourth-order valence-corrected chi connectivity index (χ4v) is 1.78. The highest BCUT2D eigenvalue weighted by molar-refractivity contribution is 7.99. The number of hydrogen-bond donors (Lipinski definition) is 2. The second kappa shape index (κ2) is 8.58. The van der Waals surface area contributed by atoms with Gasteiger partial charge in [-0.05, 0) is 18.7 Å². The first-order chi connectivity index (χ1) is 9.13. The SMILES string of the molecule is CS[C@@H](C)C(=O)NCCNC(=O)Cc1ccccc1. The molecule has 0 saturated heterocycles. The zero-order chi connectivity index (χ0) is 14.1. The number of rotatable bonds is 7. The molecule has 0 saturated carbocycles. The number of hydrogen-bond acceptors (Lipinski definition) is 3. The first-order valence-electron chi connectivity index (χ1n) is 6.24. The molecule has 0 radical (unpaired) electrons. The van der Waals surface area contributed by atoms with Crippen LogP contribution in [-0.4, -0.2) is 36.4 Å². The molecule has 0 aliphatic rings. The van der Waals surface area contributed by atoms with Crippen LogP contribution in [0.1, 0.15) is 12.5 Å². The van der Waals surface area contributed by atoms with E-state index in [1.807, 2.05) is 43.5 Å². The van der Waals surface area contributed by atoms with Gasteiger partial charge in [0.15, 0.2) is 0 Å². The molecule has 104 valence electrons. The van der Waals surface area contributed by atoms with E-state index in [-0.39, 0.29) is 17.1 Å². The number of carbonyl (C=O) groups is 2. The zero-order valence-electron chi connectivity index (χ0n) is 11.3. The van der Waals surface area contributed by atoms with Crippen molar-refractivity contribution in [3.05, 3.63) is 35.9 Å². The maximum Gasteiger partial charge on any atom is 0.232 e. The standard InChI is InChI=1S/C14H20N2O2S/c1-11(19-2)14(18)16-9-8-15-13(17)10-12-6-4-3-5-7-12/h3-7,11H,8-10H2,1-2H3,(H,15,17)(H,16,18)/t11-/m0/s1. The Balaban J connectivity index is 2.16. The van der Waals surface area contributed by atoms with Gasteiger partial charge in [0.25, 0.3) is 0 Å². The molecule has 1 atom stereocenters. The summed E-state index contributed by atoms with van der Waals surface area (Å²) in [5.41, 5.74) is 0.986. The molecule has 1 aromatic carbocycles. The van der Waals surface area contributed by atoms with Crippen LogP contribution in [0.15, 0.2) is 30.3 Å². The molecule has 0 fully saturated rings. The molecule has 4 nitrogen and oxygen atoms in total. The van der Waals surface area contributed by atoms with Gasteiger partial charge in [-0.25, -0.2) is 0 Å². The van der Waals surface area contributed by atoms with Crippen LogP contribution >= 0.6 is 11.8 Å². The Morgan fingerprint density at radius 2 is 1.79 bits per heavy atom. The Morgan fingerprint density at radius 1 is 1.16 bits per heavy atom. The highest BCUT2D eigenvalue weighted by atomic mass is 32.2. The topological polar surface area (TPSA) is 58.2 Å². The van der Waals surface area contributed by atoms with Crippen LogP contribution in [0.3, 0.4) is 0 Å². The number of amides is 2. The maximum atomic E-state index is 11.6. The fourth-order valence-electron chi connectivity index (χ4n) is 1.48. The average Bonchev–Trinajstić information content (AvgIpc) is 2.43. The van der Waals surface area contributed by atoms with Crippen LogP contribution in [0.25, 0.3) is 0 Å². The number of thioether (sulfide) groups is 1. The summed E-state index contributed by atoms with van der Waals surface area (Å²) < 4.78 is 0. The minimum atomic E-state index is -0.0555. The van der Waals surface area contributed by atoms with Crippen molar-refractivity contribution in [3.63, 3.8) is 0 Å². The van der Waals surface area contributed by atoms with Crippen LogP contribution < -0.4 is 10.6 Å². The van der Waals surface area contributed by atoms with Crippen molar-refractivity contribution in [1.82, 2.24) is 10.6 Å². The highest BCUT2D eigenvalue weighted by Crippen LogP contribution is 2.03. The van der Waals surface area contributed by atoms with Gasteiger partial charge in [-0.3, -0.25) is 9.59 Å². The van der Waals surface area contributed by atoms with Crippen molar-refractivity contribution in [2.24, 2.45) is 0 Å². The Bertz CT molecular complexity index is 409. The van der Waals surface area contributed by atoms with Gasteiger partial charge in [0.2, 0.25) is 11.8 Å². The largest absolute Gasteiger partial charge is 0.354 e. The summed E-state index contributed by atoms with van der Waals surface area (Å²) in [6, 6.07) is 9.58. The van der Waals surface area contributed by atoms with E-state index in [0.717, 1.165) is 5.56 Å². The van der Waals surface area contributed by atoms with Gasteiger partial charge in [-0.15, -0.1) is 0 Å². The molecule has 19 heavy (non-hydrogen) atoms. The molecule has 1 aromatic rings. The zero-order valence-corrected chi connectivity index (χ0v) is 12.1. The molecule has 0 spiro atoms. The van der Waals surface area contributed by atoms with Gasteiger partial charge in [0, 0.05) is 13.1 Å². The molecule has 2 N–H and O–H groups in total. The Hall–Kier alpha value is -1.49. The van der Waals surface area contributed by atoms with Crippen molar-refractivity contribution in [2.45, 2.75) is 18.6 Å². The van der Waals surface area contributed by atoms with Crippen LogP contribution in [0.4, 0.5) is 0 Å². The third-order valence-electron chi connectivity index (χ3n) is 2.68. The Kier molecular flexibility index (Phi) is 7.03. The van der Waals surface area contributed by atoms with Gasteiger partial charge in [-0.2, -0.15) is 11.8 Å². The predicted molar refractivity (Wildman–Crippen MR) is 79.1 cm³/mol. The van der Waals surface area contributed by atoms with Gasteiger partial charge < -0.3 is 10.6 Å². The van der Waals surface area contributed by atoms with Crippen molar-refractivity contribution < 1.29 is 9.59 Å². The lowest BCUT2D eigenvalue weighted by Crippen LogP contribution is -2.38. The number of nitrogens with one attached hydrogen (secondary N) is 2. The maximum absolute atomic E-state index is 11.6. The van der Waals surface area contributed by atoms with Gasteiger partial charge in [0.05, 0.1) is 11.7 Å². The lowest BCUT2D eigenvalue weighted by atomic mass is 10.1. The molecule has 0 heterocycles. The van der Waals surface area contributed by atoms with Gasteiger partial charge in [-0.1, -0.05) is 30.3 Å². The normalized spacial score (nSPS) is 11.7. The predicted octanol–water partition coefficient (Wildman–Crippen LogP) is 1.21. The first kappa shape index (κ1) is 15.6. The minimum Gasteiger partial charge on any atom is -0.354 e. The van der Waals surface area contributed by atoms with Crippen LogP contribution in [0, 0.1) is 0 Å². The molecule has 0 unspecified atom stereocenters. The molecule has 1 rings (SSSR count). The van der Waals surface area contributed by atoms with Crippen molar-refractivity contribution in [2.75, 3.05) is 19.3 Å². The van der Waals surface area contributed by atoms with E-state index < -0.39 is 0 Å². The molecule has 0 aliphatic carbocycles. The monoisotopic (exact) mass is 280 g/mol. The quantitative estimate of drug-likeness (QED) is 0.738. The lowest BCUT2D eigenvalue weighted by Gasteiger charge is -2.10. The summed E-state index contributed by atoms with van der Waals surface area (Å²) >= 11 is 1.50. The second-order valence-corrected chi connectivity index (χ2v) is 5.36. The first-order valence-corrected chi connectivity index (χ1v) is 7.53. The van der Waals surface area contributed by atoms with E-state index in [4.69, 9.17) is 0 Å². The van der Waals surface area contributed by atoms with Gasteiger partial charge >= 0.3 is 0 Å². The fraction of sp³-hybridized carbons (Fsp3) is 0.429. The summed E-state index contributed by atoms with van der Waals surface area (Å²) in [4.78, 5) is 23.1. The molecule has 0 aromatic heterocycles. The molecule has 2 amide bonds. The van der Waals surface area contributed by atoms with Crippen LogP contribution in [0.2, 0.25) is 0 Å². The van der Waals surface area contributed by atoms with E-state index in [2.05, 4.69) is 10.6 Å². The van der Waals surface area contributed by atoms with Crippen LogP contribution in [0.5, 0.6) is 0 Å². The van der Waals surface area contributed by atoms with E-state index >= 15 is 0 Å².